The van der Waals surface area contributed by atoms with Crippen molar-refractivity contribution in [3.8, 4) is 11.4 Å². The van der Waals surface area contributed by atoms with E-state index in [1.54, 1.807) is 29.2 Å². The predicted molar refractivity (Wildman–Crippen MR) is 131 cm³/mol. The molecule has 5 rings (SSSR count). The molecule has 180 valence electrons. The quantitative estimate of drug-likeness (QED) is 0.455. The number of nitrogens with zero attached hydrogens (tertiary/aromatic N) is 5. The zero-order valence-corrected chi connectivity index (χ0v) is 20.2. The molecule has 1 saturated heterocycles. The van der Waals surface area contributed by atoms with Crippen LogP contribution in [0.5, 0.6) is 0 Å². The second-order valence-electron chi connectivity index (χ2n) is 8.74. The van der Waals surface area contributed by atoms with Gasteiger partial charge in [0.15, 0.2) is 0 Å². The largest absolute Gasteiger partial charge is 0.343 e. The molecule has 2 amide bonds. The molecule has 9 nitrogen and oxygen atoms in total. The minimum absolute atomic E-state index is 0.0488. The molecule has 0 bridgehead atoms. The highest BCUT2D eigenvalue weighted by molar-refractivity contribution is 6.30. The summed E-state index contributed by atoms with van der Waals surface area (Å²) in [5, 5.41) is 13.0. The lowest BCUT2D eigenvalue weighted by atomic mass is 9.96. The first-order valence-corrected chi connectivity index (χ1v) is 11.9. The maximum Gasteiger partial charge on any atom is 0.251 e. The summed E-state index contributed by atoms with van der Waals surface area (Å²) in [5.74, 6) is 0.805. The normalized spacial score (nSPS) is 14.4. The number of aromatic nitrogens is 4. The van der Waals surface area contributed by atoms with E-state index in [2.05, 4.69) is 20.6 Å². The van der Waals surface area contributed by atoms with Crippen LogP contribution in [0, 0.1) is 6.92 Å². The van der Waals surface area contributed by atoms with Crippen LogP contribution in [-0.4, -0.2) is 56.3 Å². The standard InChI is InChI=1S/C25H25ClN6O3/c1-15-20-8-5-18(13-21(20)31(2)29-15)23-28-25(35-30-23)17-9-11-32(12-10-17)22(33)14-27-24(34)16-3-6-19(26)7-4-16/h3-8,13,17H,9-12,14H2,1-2H3,(H,27,34). The summed E-state index contributed by atoms with van der Waals surface area (Å²) in [6.07, 6.45) is 1.44. The third kappa shape index (κ3) is 4.77. The van der Waals surface area contributed by atoms with E-state index in [1.165, 1.54) is 0 Å². The molecule has 0 radical (unpaired) electrons. The van der Waals surface area contributed by atoms with Crippen molar-refractivity contribution >= 4 is 34.3 Å². The van der Waals surface area contributed by atoms with Gasteiger partial charge < -0.3 is 14.7 Å². The summed E-state index contributed by atoms with van der Waals surface area (Å²) < 4.78 is 7.43. The molecule has 0 saturated carbocycles. The zero-order chi connectivity index (χ0) is 24.5. The van der Waals surface area contributed by atoms with Gasteiger partial charge in [-0.2, -0.15) is 10.1 Å². The van der Waals surface area contributed by atoms with E-state index < -0.39 is 0 Å². The zero-order valence-electron chi connectivity index (χ0n) is 19.5. The number of rotatable bonds is 5. The van der Waals surface area contributed by atoms with Crippen molar-refractivity contribution in [1.82, 2.24) is 30.1 Å². The van der Waals surface area contributed by atoms with E-state index in [9.17, 15) is 9.59 Å². The highest BCUT2D eigenvalue weighted by atomic mass is 35.5. The number of nitrogens with one attached hydrogen (secondary N) is 1. The Morgan fingerprint density at radius 3 is 2.63 bits per heavy atom. The van der Waals surface area contributed by atoms with Crippen LogP contribution >= 0.6 is 11.6 Å². The summed E-state index contributed by atoms with van der Waals surface area (Å²) in [4.78, 5) is 31.2. The summed E-state index contributed by atoms with van der Waals surface area (Å²) in [5.41, 5.74) is 3.33. The summed E-state index contributed by atoms with van der Waals surface area (Å²) in [7, 11) is 1.92. The first-order chi connectivity index (χ1) is 16.9. The van der Waals surface area contributed by atoms with Crippen molar-refractivity contribution in [1.29, 1.82) is 0 Å². The molecule has 0 spiro atoms. The number of amides is 2. The van der Waals surface area contributed by atoms with E-state index in [1.807, 2.05) is 36.9 Å². The Hall–Kier alpha value is -3.72. The van der Waals surface area contributed by atoms with Gasteiger partial charge in [0, 0.05) is 47.6 Å². The second-order valence-corrected chi connectivity index (χ2v) is 9.18. The number of hydrogen-bond donors (Lipinski definition) is 1. The minimum atomic E-state index is -0.303. The lowest BCUT2D eigenvalue weighted by Crippen LogP contribution is -2.43. The van der Waals surface area contributed by atoms with Gasteiger partial charge in [0.05, 0.1) is 17.8 Å². The van der Waals surface area contributed by atoms with Crippen LogP contribution in [0.3, 0.4) is 0 Å². The third-order valence-corrected chi connectivity index (χ3v) is 6.69. The average Bonchev–Trinajstić information content (AvgIpc) is 3.47. The minimum Gasteiger partial charge on any atom is -0.343 e. The van der Waals surface area contributed by atoms with Crippen LogP contribution in [0.4, 0.5) is 0 Å². The fraction of sp³-hybridized carbons (Fsp3) is 0.320. The Morgan fingerprint density at radius 1 is 1.14 bits per heavy atom. The molecular formula is C25H25ClN6O3. The molecule has 0 unspecified atom stereocenters. The van der Waals surface area contributed by atoms with Gasteiger partial charge in [0.25, 0.3) is 5.91 Å². The number of halogens is 1. The van der Waals surface area contributed by atoms with Gasteiger partial charge in [-0.05, 0) is 50.1 Å². The molecule has 1 N–H and O–H groups in total. The first kappa shape index (κ1) is 23.0. The Bertz CT molecular complexity index is 1390. The smallest absolute Gasteiger partial charge is 0.251 e. The third-order valence-electron chi connectivity index (χ3n) is 6.44. The van der Waals surface area contributed by atoms with Crippen molar-refractivity contribution in [2.24, 2.45) is 7.05 Å². The van der Waals surface area contributed by atoms with Gasteiger partial charge in [0.2, 0.25) is 17.6 Å². The number of piperidine rings is 1. The van der Waals surface area contributed by atoms with Gasteiger partial charge in [-0.3, -0.25) is 14.3 Å². The summed E-state index contributed by atoms with van der Waals surface area (Å²) in [6.45, 7) is 3.07. The molecule has 0 aliphatic carbocycles. The van der Waals surface area contributed by atoms with E-state index >= 15 is 0 Å². The number of carbonyl (C=O) groups is 2. The number of likely N-dealkylation sites (tertiary alicyclic amines) is 1. The fourth-order valence-corrected chi connectivity index (χ4v) is 4.57. The number of aryl methyl sites for hydroxylation is 2. The SMILES string of the molecule is Cc1nn(C)c2cc(-c3noc(C4CCN(C(=O)CNC(=O)c5ccc(Cl)cc5)CC4)n3)ccc12. The van der Waals surface area contributed by atoms with Gasteiger partial charge in [-0.15, -0.1) is 0 Å². The van der Waals surface area contributed by atoms with Crippen molar-refractivity contribution in [2.75, 3.05) is 19.6 Å². The van der Waals surface area contributed by atoms with E-state index in [0.29, 0.717) is 35.4 Å². The number of benzene rings is 2. The second kappa shape index (κ2) is 9.50. The highest BCUT2D eigenvalue weighted by Gasteiger charge is 2.28. The molecule has 10 heteroatoms. The van der Waals surface area contributed by atoms with Gasteiger partial charge in [-0.25, -0.2) is 0 Å². The number of fused-ring (bicyclic) bond motifs is 1. The number of carbonyl (C=O) groups excluding carboxylic acids is 2. The van der Waals surface area contributed by atoms with Crippen LogP contribution in [0.2, 0.25) is 5.02 Å². The Kier molecular flexibility index (Phi) is 6.25. The molecule has 1 aliphatic heterocycles. The van der Waals surface area contributed by atoms with Crippen molar-refractivity contribution in [3.63, 3.8) is 0 Å². The Balaban J connectivity index is 1.16. The van der Waals surface area contributed by atoms with Crippen LogP contribution in [-0.2, 0) is 11.8 Å². The van der Waals surface area contributed by atoms with Crippen LogP contribution in [0.1, 0.15) is 40.7 Å². The molecule has 3 heterocycles. The molecular weight excluding hydrogens is 468 g/mol. The van der Waals surface area contributed by atoms with Gasteiger partial charge in [-0.1, -0.05) is 28.9 Å². The van der Waals surface area contributed by atoms with E-state index in [0.717, 1.165) is 35.0 Å². The van der Waals surface area contributed by atoms with Crippen LogP contribution < -0.4 is 5.32 Å². The predicted octanol–water partition coefficient (Wildman–Crippen LogP) is 3.72. The Morgan fingerprint density at radius 2 is 1.89 bits per heavy atom. The topological polar surface area (TPSA) is 106 Å². The van der Waals surface area contributed by atoms with Gasteiger partial charge >= 0.3 is 0 Å². The van der Waals surface area contributed by atoms with Crippen molar-refractivity contribution < 1.29 is 14.1 Å². The lowest BCUT2D eigenvalue weighted by molar-refractivity contribution is -0.131. The van der Waals surface area contributed by atoms with Crippen LogP contribution in [0.25, 0.3) is 22.3 Å². The van der Waals surface area contributed by atoms with E-state index in [4.69, 9.17) is 16.1 Å². The summed E-state index contributed by atoms with van der Waals surface area (Å²) >= 11 is 5.85. The molecule has 35 heavy (non-hydrogen) atoms. The maximum atomic E-state index is 12.6. The molecule has 4 aromatic rings. The highest BCUT2D eigenvalue weighted by Crippen LogP contribution is 2.30. The van der Waals surface area contributed by atoms with Gasteiger partial charge in [0.1, 0.15) is 0 Å². The number of hydrogen-bond acceptors (Lipinski definition) is 6. The molecule has 0 atom stereocenters. The maximum absolute atomic E-state index is 12.6. The molecule has 2 aromatic heterocycles. The first-order valence-electron chi connectivity index (χ1n) is 11.5. The van der Waals surface area contributed by atoms with Crippen LogP contribution in [0.15, 0.2) is 47.0 Å². The molecule has 1 aliphatic rings. The average molecular weight is 493 g/mol. The lowest BCUT2D eigenvalue weighted by Gasteiger charge is -2.30. The van der Waals surface area contributed by atoms with Crippen molar-refractivity contribution in [2.45, 2.75) is 25.7 Å². The monoisotopic (exact) mass is 492 g/mol. The summed E-state index contributed by atoms with van der Waals surface area (Å²) in [6, 6.07) is 12.6. The molecule has 1 fully saturated rings. The van der Waals surface area contributed by atoms with E-state index in [-0.39, 0.29) is 24.3 Å². The molecule has 2 aromatic carbocycles. The van der Waals surface area contributed by atoms with Crippen molar-refractivity contribution in [3.05, 3.63) is 64.6 Å². The Labute approximate surface area is 207 Å². The fourth-order valence-electron chi connectivity index (χ4n) is 4.44.